The molecule has 4 rings (SSSR count). The van der Waals surface area contributed by atoms with Crippen LogP contribution in [0.1, 0.15) is 18.1 Å². The van der Waals surface area contributed by atoms with Gasteiger partial charge < -0.3 is 20.1 Å². The number of carbonyl (C=O) groups is 3. The number of benzene rings is 2. The molecule has 2 aromatic carbocycles. The molecule has 150 valence electrons. The van der Waals surface area contributed by atoms with Crippen molar-refractivity contribution in [2.24, 2.45) is 0 Å². The van der Waals surface area contributed by atoms with Crippen molar-refractivity contribution in [2.45, 2.75) is 19.4 Å². The second-order valence-corrected chi connectivity index (χ2v) is 7.05. The molecule has 0 saturated carbocycles. The van der Waals surface area contributed by atoms with Gasteiger partial charge in [0.05, 0.1) is 5.69 Å². The number of anilines is 1. The van der Waals surface area contributed by atoms with Gasteiger partial charge in [0.15, 0.2) is 11.5 Å². The number of ether oxygens (including phenoxy) is 2. The minimum Gasteiger partial charge on any atom is -0.454 e. The van der Waals surface area contributed by atoms with E-state index < -0.39 is 35.7 Å². The standard InChI is InChI=1S/C20H18FN3O5/c1-11-3-5-14(13(21)7-11)22-17(25)9-24-18(26)20(2,23-19(24)27)12-4-6-15-16(8-12)29-10-28-15/h3-8H,9-10H2,1-2H3,(H,22,25)(H,23,27)/t20-/m0/s1. The fraction of sp³-hybridized carbons (Fsp3) is 0.250. The van der Waals surface area contributed by atoms with Gasteiger partial charge in [-0.15, -0.1) is 0 Å². The zero-order valence-corrected chi connectivity index (χ0v) is 15.7. The van der Waals surface area contributed by atoms with Crippen LogP contribution >= 0.6 is 0 Å². The van der Waals surface area contributed by atoms with Crippen molar-refractivity contribution in [2.75, 3.05) is 18.7 Å². The molecule has 2 aromatic rings. The number of amides is 4. The summed E-state index contributed by atoms with van der Waals surface area (Å²) in [7, 11) is 0. The third kappa shape index (κ3) is 3.24. The smallest absolute Gasteiger partial charge is 0.325 e. The Bertz CT molecular complexity index is 1040. The third-order valence-corrected chi connectivity index (χ3v) is 4.93. The predicted molar refractivity (Wildman–Crippen MR) is 99.9 cm³/mol. The number of fused-ring (bicyclic) bond motifs is 1. The van der Waals surface area contributed by atoms with E-state index in [-0.39, 0.29) is 12.5 Å². The summed E-state index contributed by atoms with van der Waals surface area (Å²) in [4.78, 5) is 38.5. The first-order valence-electron chi connectivity index (χ1n) is 8.88. The van der Waals surface area contributed by atoms with E-state index in [1.165, 1.54) is 12.1 Å². The maximum Gasteiger partial charge on any atom is 0.325 e. The Labute approximate surface area is 165 Å². The molecule has 1 saturated heterocycles. The largest absolute Gasteiger partial charge is 0.454 e. The lowest BCUT2D eigenvalue weighted by atomic mass is 9.91. The molecule has 1 atom stereocenters. The van der Waals surface area contributed by atoms with Gasteiger partial charge in [-0.3, -0.25) is 14.5 Å². The highest BCUT2D eigenvalue weighted by Crippen LogP contribution is 2.37. The fourth-order valence-electron chi connectivity index (χ4n) is 3.30. The van der Waals surface area contributed by atoms with Gasteiger partial charge in [0, 0.05) is 0 Å². The van der Waals surface area contributed by atoms with Crippen molar-refractivity contribution in [3.05, 3.63) is 53.3 Å². The zero-order chi connectivity index (χ0) is 20.8. The summed E-state index contributed by atoms with van der Waals surface area (Å²) in [5, 5.41) is 4.99. The summed E-state index contributed by atoms with van der Waals surface area (Å²) < 4.78 is 24.5. The molecule has 2 aliphatic rings. The Hall–Kier alpha value is -3.62. The van der Waals surface area contributed by atoms with E-state index in [1.807, 2.05) is 0 Å². The monoisotopic (exact) mass is 399 g/mol. The molecule has 4 amide bonds. The minimum atomic E-state index is -1.37. The van der Waals surface area contributed by atoms with E-state index in [9.17, 15) is 18.8 Å². The number of hydrogen-bond acceptors (Lipinski definition) is 5. The first-order chi connectivity index (χ1) is 13.8. The maximum absolute atomic E-state index is 13.9. The average molecular weight is 399 g/mol. The second kappa shape index (κ2) is 6.77. The van der Waals surface area contributed by atoms with E-state index in [2.05, 4.69) is 10.6 Å². The van der Waals surface area contributed by atoms with Gasteiger partial charge in [-0.05, 0) is 49.2 Å². The molecule has 2 aliphatic heterocycles. The van der Waals surface area contributed by atoms with Crippen LogP contribution in [0.25, 0.3) is 0 Å². The Balaban J connectivity index is 1.51. The van der Waals surface area contributed by atoms with Crippen LogP contribution in [0.3, 0.4) is 0 Å². The van der Waals surface area contributed by atoms with Crippen LogP contribution in [0.4, 0.5) is 14.9 Å². The number of carbonyl (C=O) groups excluding carboxylic acids is 3. The summed E-state index contributed by atoms with van der Waals surface area (Å²) in [5.41, 5.74) is -0.194. The highest BCUT2D eigenvalue weighted by atomic mass is 19.1. The fourth-order valence-corrected chi connectivity index (χ4v) is 3.30. The number of aryl methyl sites for hydroxylation is 1. The molecule has 8 nitrogen and oxygen atoms in total. The lowest BCUT2D eigenvalue weighted by Crippen LogP contribution is -2.42. The van der Waals surface area contributed by atoms with E-state index in [0.29, 0.717) is 22.6 Å². The van der Waals surface area contributed by atoms with Crippen molar-refractivity contribution in [3.63, 3.8) is 0 Å². The molecule has 0 unspecified atom stereocenters. The van der Waals surface area contributed by atoms with E-state index >= 15 is 0 Å². The van der Waals surface area contributed by atoms with Gasteiger partial charge in [0.2, 0.25) is 12.7 Å². The number of rotatable bonds is 4. The quantitative estimate of drug-likeness (QED) is 0.769. The lowest BCUT2D eigenvalue weighted by molar-refractivity contribution is -0.133. The zero-order valence-electron chi connectivity index (χ0n) is 15.7. The molecule has 0 aliphatic carbocycles. The number of hydrogen-bond donors (Lipinski definition) is 2. The Morgan fingerprint density at radius 3 is 2.72 bits per heavy atom. The van der Waals surface area contributed by atoms with Crippen LogP contribution in [0.2, 0.25) is 0 Å². The molecule has 0 aromatic heterocycles. The third-order valence-electron chi connectivity index (χ3n) is 4.93. The summed E-state index contributed by atoms with van der Waals surface area (Å²) in [6.07, 6.45) is 0. The number of imide groups is 1. The molecule has 0 spiro atoms. The molecule has 9 heteroatoms. The molecule has 0 bridgehead atoms. The lowest BCUT2D eigenvalue weighted by Gasteiger charge is -2.22. The summed E-state index contributed by atoms with van der Waals surface area (Å²) in [5.74, 6) is -0.866. The average Bonchev–Trinajstić information content (AvgIpc) is 3.22. The van der Waals surface area contributed by atoms with Crippen LogP contribution in [0.5, 0.6) is 11.5 Å². The number of nitrogens with one attached hydrogen (secondary N) is 2. The molecule has 2 N–H and O–H groups in total. The first kappa shape index (κ1) is 18.7. The number of nitrogens with zero attached hydrogens (tertiary/aromatic N) is 1. The summed E-state index contributed by atoms with van der Waals surface area (Å²) in [6.45, 7) is 2.80. The molecule has 0 radical (unpaired) electrons. The van der Waals surface area contributed by atoms with E-state index in [0.717, 1.165) is 4.90 Å². The first-order valence-corrected chi connectivity index (χ1v) is 8.88. The van der Waals surface area contributed by atoms with Crippen molar-refractivity contribution < 1.29 is 28.2 Å². The van der Waals surface area contributed by atoms with Crippen molar-refractivity contribution >= 4 is 23.5 Å². The molecular weight excluding hydrogens is 381 g/mol. The normalized spacial score (nSPS) is 20.0. The SMILES string of the molecule is Cc1ccc(NC(=O)CN2C(=O)N[C@@](C)(c3ccc4c(c3)OCO4)C2=O)c(F)c1. The number of urea groups is 1. The topological polar surface area (TPSA) is 97.0 Å². The summed E-state index contributed by atoms with van der Waals surface area (Å²) >= 11 is 0. The van der Waals surface area contributed by atoms with Crippen LogP contribution < -0.4 is 20.1 Å². The van der Waals surface area contributed by atoms with Crippen molar-refractivity contribution in [1.29, 1.82) is 0 Å². The van der Waals surface area contributed by atoms with Gasteiger partial charge in [-0.1, -0.05) is 12.1 Å². The van der Waals surface area contributed by atoms with Crippen LogP contribution in [-0.4, -0.2) is 36.1 Å². The van der Waals surface area contributed by atoms with Crippen molar-refractivity contribution in [1.82, 2.24) is 10.2 Å². The van der Waals surface area contributed by atoms with Crippen LogP contribution in [-0.2, 0) is 15.1 Å². The highest BCUT2D eigenvalue weighted by Gasteiger charge is 2.49. The van der Waals surface area contributed by atoms with Gasteiger partial charge in [0.1, 0.15) is 17.9 Å². The molecule has 2 heterocycles. The van der Waals surface area contributed by atoms with Gasteiger partial charge >= 0.3 is 6.03 Å². The highest BCUT2D eigenvalue weighted by molar-refractivity contribution is 6.10. The Kier molecular flexibility index (Phi) is 4.37. The van der Waals surface area contributed by atoms with Crippen molar-refractivity contribution in [3.8, 4) is 11.5 Å². The molecule has 1 fully saturated rings. The second-order valence-electron chi connectivity index (χ2n) is 7.05. The van der Waals surface area contributed by atoms with Gasteiger partial charge in [0.25, 0.3) is 5.91 Å². The summed E-state index contributed by atoms with van der Waals surface area (Å²) in [6, 6.07) is 8.55. The molecule has 29 heavy (non-hydrogen) atoms. The Morgan fingerprint density at radius 2 is 1.97 bits per heavy atom. The van der Waals surface area contributed by atoms with E-state index in [1.54, 1.807) is 38.1 Å². The van der Waals surface area contributed by atoms with E-state index in [4.69, 9.17) is 9.47 Å². The minimum absolute atomic E-state index is 0.0220. The predicted octanol–water partition coefficient (Wildman–Crippen LogP) is 2.27. The Morgan fingerprint density at radius 1 is 1.21 bits per heavy atom. The van der Waals surface area contributed by atoms with Crippen LogP contribution in [0, 0.1) is 12.7 Å². The van der Waals surface area contributed by atoms with Crippen LogP contribution in [0.15, 0.2) is 36.4 Å². The van der Waals surface area contributed by atoms with Gasteiger partial charge in [-0.2, -0.15) is 0 Å². The van der Waals surface area contributed by atoms with Gasteiger partial charge in [-0.25, -0.2) is 9.18 Å². The molecular formula is C20H18FN3O5. The number of halogens is 1. The maximum atomic E-state index is 13.9.